The molecule has 3 N–H and O–H groups in total. The maximum atomic E-state index is 10.6. The van der Waals surface area contributed by atoms with Crippen molar-refractivity contribution >= 4 is 6.09 Å². The molecule has 1 heterocycles. The van der Waals surface area contributed by atoms with Gasteiger partial charge in [0.05, 0.1) is 6.04 Å². The molecule has 1 saturated heterocycles. The Morgan fingerprint density at radius 2 is 2.42 bits per heavy atom. The molecule has 0 bridgehead atoms. The average molecular weight is 172 g/mol. The average Bonchev–Trinajstić information content (AvgIpc) is 2.00. The van der Waals surface area contributed by atoms with Crippen molar-refractivity contribution in [1.82, 2.24) is 4.90 Å². The summed E-state index contributed by atoms with van der Waals surface area (Å²) in [5.74, 6) is 0. The zero-order valence-electron chi connectivity index (χ0n) is 7.36. The number of hydrogen-bond donors (Lipinski definition) is 2. The molecule has 0 saturated carbocycles. The Balaban J connectivity index is 2.34. The number of unbranched alkanes of at least 4 members (excludes halogenated alkanes) is 1. The van der Waals surface area contributed by atoms with E-state index in [1.807, 2.05) is 0 Å². The van der Waals surface area contributed by atoms with Gasteiger partial charge in [-0.05, 0) is 6.42 Å². The van der Waals surface area contributed by atoms with Gasteiger partial charge in [0.2, 0.25) is 0 Å². The Kier molecular flexibility index (Phi) is 2.92. The molecule has 2 unspecified atom stereocenters. The molecule has 0 spiro atoms. The summed E-state index contributed by atoms with van der Waals surface area (Å²) in [6, 6.07) is 0.134. The lowest BCUT2D eigenvalue weighted by molar-refractivity contribution is 0.0529. The monoisotopic (exact) mass is 172 g/mol. The molecule has 1 rings (SSSR count). The van der Waals surface area contributed by atoms with Gasteiger partial charge in [0, 0.05) is 12.6 Å². The minimum absolute atomic E-state index is 0.0626. The van der Waals surface area contributed by atoms with Gasteiger partial charge < -0.3 is 15.7 Å². The van der Waals surface area contributed by atoms with Crippen LogP contribution in [0.15, 0.2) is 0 Å². The molecular weight excluding hydrogens is 156 g/mol. The lowest BCUT2D eigenvalue weighted by Crippen LogP contribution is -2.65. The predicted octanol–water partition coefficient (Wildman–Crippen LogP) is 0.866. The van der Waals surface area contributed by atoms with Gasteiger partial charge in [0.25, 0.3) is 0 Å². The van der Waals surface area contributed by atoms with Crippen LogP contribution >= 0.6 is 0 Å². The molecular formula is C8H16N2O2. The van der Waals surface area contributed by atoms with Gasteiger partial charge in [-0.15, -0.1) is 0 Å². The van der Waals surface area contributed by atoms with E-state index >= 15 is 0 Å². The summed E-state index contributed by atoms with van der Waals surface area (Å²) in [7, 11) is 0. The first-order valence-electron chi connectivity index (χ1n) is 4.42. The second-order valence-corrected chi connectivity index (χ2v) is 3.31. The fraction of sp³-hybridized carbons (Fsp3) is 0.875. The number of likely N-dealkylation sites (tertiary alicyclic amines) is 1. The summed E-state index contributed by atoms with van der Waals surface area (Å²) >= 11 is 0. The van der Waals surface area contributed by atoms with E-state index in [9.17, 15) is 4.79 Å². The molecule has 4 nitrogen and oxygen atoms in total. The minimum atomic E-state index is -0.835. The minimum Gasteiger partial charge on any atom is -0.465 e. The lowest BCUT2D eigenvalue weighted by atomic mass is 9.93. The van der Waals surface area contributed by atoms with Crippen molar-refractivity contribution in [3.05, 3.63) is 0 Å². The summed E-state index contributed by atoms with van der Waals surface area (Å²) in [6.07, 6.45) is 2.22. The molecule has 4 heteroatoms. The van der Waals surface area contributed by atoms with Crippen LogP contribution in [0.2, 0.25) is 0 Å². The van der Waals surface area contributed by atoms with E-state index in [-0.39, 0.29) is 12.1 Å². The summed E-state index contributed by atoms with van der Waals surface area (Å²) in [5.41, 5.74) is 5.69. The molecule has 0 aromatic carbocycles. The van der Waals surface area contributed by atoms with Gasteiger partial charge in [0.15, 0.2) is 0 Å². The third kappa shape index (κ3) is 1.69. The number of carboxylic acid groups (broad SMARTS) is 1. The SMILES string of the molecule is CCCCC1C(N)CN1C(=O)O. The van der Waals surface area contributed by atoms with Crippen LogP contribution < -0.4 is 5.73 Å². The number of rotatable bonds is 3. The van der Waals surface area contributed by atoms with Crippen molar-refractivity contribution < 1.29 is 9.90 Å². The van der Waals surface area contributed by atoms with Crippen LogP contribution in [0.25, 0.3) is 0 Å². The largest absolute Gasteiger partial charge is 0.465 e. The molecule has 70 valence electrons. The number of nitrogens with two attached hydrogens (primary N) is 1. The highest BCUT2D eigenvalue weighted by molar-refractivity contribution is 5.67. The van der Waals surface area contributed by atoms with E-state index < -0.39 is 6.09 Å². The quantitative estimate of drug-likeness (QED) is 0.663. The molecule has 12 heavy (non-hydrogen) atoms. The highest BCUT2D eigenvalue weighted by Crippen LogP contribution is 2.21. The van der Waals surface area contributed by atoms with Crippen LogP contribution in [0, 0.1) is 0 Å². The number of nitrogens with zero attached hydrogens (tertiary/aromatic N) is 1. The Hall–Kier alpha value is -0.770. The number of amides is 1. The molecule has 2 atom stereocenters. The van der Waals surface area contributed by atoms with E-state index in [1.165, 1.54) is 4.90 Å². The van der Waals surface area contributed by atoms with Crippen LogP contribution in [0.1, 0.15) is 26.2 Å². The van der Waals surface area contributed by atoms with Crippen LogP contribution in [0.5, 0.6) is 0 Å². The third-order valence-corrected chi connectivity index (χ3v) is 2.40. The summed E-state index contributed by atoms with van der Waals surface area (Å²) in [4.78, 5) is 12.0. The van der Waals surface area contributed by atoms with Crippen molar-refractivity contribution in [3.63, 3.8) is 0 Å². The first kappa shape index (κ1) is 9.32. The summed E-state index contributed by atoms with van der Waals surface area (Å²) < 4.78 is 0. The van der Waals surface area contributed by atoms with Gasteiger partial charge in [-0.3, -0.25) is 0 Å². The van der Waals surface area contributed by atoms with E-state index in [1.54, 1.807) is 0 Å². The second-order valence-electron chi connectivity index (χ2n) is 3.31. The van der Waals surface area contributed by atoms with Crippen molar-refractivity contribution in [3.8, 4) is 0 Å². The second kappa shape index (κ2) is 3.76. The topological polar surface area (TPSA) is 66.6 Å². The smallest absolute Gasteiger partial charge is 0.407 e. The summed E-state index contributed by atoms with van der Waals surface area (Å²) in [6.45, 7) is 2.60. The fourth-order valence-corrected chi connectivity index (χ4v) is 1.58. The van der Waals surface area contributed by atoms with Gasteiger partial charge in [-0.2, -0.15) is 0 Å². The maximum absolute atomic E-state index is 10.6. The van der Waals surface area contributed by atoms with Crippen LogP contribution in [-0.2, 0) is 0 Å². The molecule has 1 amide bonds. The van der Waals surface area contributed by atoms with Crippen LogP contribution in [-0.4, -0.2) is 34.7 Å². The van der Waals surface area contributed by atoms with Gasteiger partial charge in [0.1, 0.15) is 0 Å². The predicted molar refractivity (Wildman–Crippen MR) is 46.0 cm³/mol. The standard InChI is InChI=1S/C8H16N2O2/c1-2-3-4-7-6(9)5-10(7)8(11)12/h6-7H,2-5,9H2,1H3,(H,11,12). The molecule has 1 fully saturated rings. The van der Waals surface area contributed by atoms with Crippen molar-refractivity contribution in [2.75, 3.05) is 6.54 Å². The van der Waals surface area contributed by atoms with Crippen molar-refractivity contribution in [1.29, 1.82) is 0 Å². The number of carbonyl (C=O) groups is 1. The zero-order valence-corrected chi connectivity index (χ0v) is 7.36. The van der Waals surface area contributed by atoms with E-state index in [4.69, 9.17) is 10.8 Å². The van der Waals surface area contributed by atoms with Crippen molar-refractivity contribution in [2.24, 2.45) is 5.73 Å². The zero-order chi connectivity index (χ0) is 9.14. The first-order chi connectivity index (χ1) is 5.66. The Morgan fingerprint density at radius 1 is 1.75 bits per heavy atom. The molecule has 1 aliphatic heterocycles. The third-order valence-electron chi connectivity index (χ3n) is 2.40. The summed E-state index contributed by atoms with van der Waals surface area (Å²) in [5, 5.41) is 8.69. The Morgan fingerprint density at radius 3 is 2.83 bits per heavy atom. The highest BCUT2D eigenvalue weighted by atomic mass is 16.4. The molecule has 0 aromatic rings. The van der Waals surface area contributed by atoms with Crippen LogP contribution in [0.4, 0.5) is 4.79 Å². The van der Waals surface area contributed by atoms with Gasteiger partial charge in [-0.25, -0.2) is 4.79 Å². The molecule has 0 aliphatic carbocycles. The Labute approximate surface area is 72.3 Å². The molecule has 1 aliphatic rings. The fourth-order valence-electron chi connectivity index (χ4n) is 1.58. The molecule has 0 radical (unpaired) electrons. The lowest BCUT2D eigenvalue weighted by Gasteiger charge is -2.44. The number of hydrogen-bond acceptors (Lipinski definition) is 2. The van der Waals surface area contributed by atoms with E-state index in [2.05, 4.69) is 6.92 Å². The normalized spacial score (nSPS) is 28.3. The Bertz CT molecular complexity index is 172. The van der Waals surface area contributed by atoms with E-state index in [0.717, 1.165) is 19.3 Å². The highest BCUT2D eigenvalue weighted by Gasteiger charge is 2.38. The first-order valence-corrected chi connectivity index (χ1v) is 4.42. The molecule has 0 aromatic heterocycles. The maximum Gasteiger partial charge on any atom is 0.407 e. The van der Waals surface area contributed by atoms with Gasteiger partial charge >= 0.3 is 6.09 Å². The van der Waals surface area contributed by atoms with E-state index in [0.29, 0.717) is 6.54 Å². The van der Waals surface area contributed by atoms with Gasteiger partial charge in [-0.1, -0.05) is 19.8 Å². The van der Waals surface area contributed by atoms with Crippen molar-refractivity contribution in [2.45, 2.75) is 38.3 Å². The van der Waals surface area contributed by atoms with Crippen LogP contribution in [0.3, 0.4) is 0 Å².